The molecule has 0 radical (unpaired) electrons. The molecule has 2 aromatic carbocycles. The van der Waals surface area contributed by atoms with Crippen LogP contribution in [0.5, 0.6) is 11.6 Å². The molecule has 0 bridgehead atoms. The van der Waals surface area contributed by atoms with Crippen molar-refractivity contribution in [3.63, 3.8) is 0 Å². The van der Waals surface area contributed by atoms with Gasteiger partial charge in [-0.15, -0.1) is 0 Å². The lowest BCUT2D eigenvalue weighted by Crippen LogP contribution is -2.36. The van der Waals surface area contributed by atoms with Gasteiger partial charge in [-0.1, -0.05) is 41.9 Å². The molecule has 0 aliphatic heterocycles. The summed E-state index contributed by atoms with van der Waals surface area (Å²) in [7, 11) is 1.90. The first-order valence-electron chi connectivity index (χ1n) is 11.6. The maximum atomic E-state index is 10.6. The minimum absolute atomic E-state index is 0.338. The molecule has 1 heterocycles. The summed E-state index contributed by atoms with van der Waals surface area (Å²) in [5, 5.41) is 16.0. The van der Waals surface area contributed by atoms with E-state index in [0.717, 1.165) is 23.4 Å². The summed E-state index contributed by atoms with van der Waals surface area (Å²) >= 11 is 6.06. The third-order valence-electron chi connectivity index (χ3n) is 5.74. The van der Waals surface area contributed by atoms with Gasteiger partial charge >= 0.3 is 0 Å². The highest BCUT2D eigenvalue weighted by molar-refractivity contribution is 6.30. The van der Waals surface area contributed by atoms with Crippen LogP contribution in [0.2, 0.25) is 5.02 Å². The quantitative estimate of drug-likeness (QED) is 0.398. The zero-order chi connectivity index (χ0) is 23.2. The normalized spacial score (nSPS) is 14.6. The van der Waals surface area contributed by atoms with Crippen molar-refractivity contribution < 1.29 is 14.6 Å². The zero-order valence-electron chi connectivity index (χ0n) is 19.3. The molecule has 6 nitrogen and oxygen atoms in total. The van der Waals surface area contributed by atoms with E-state index < -0.39 is 6.10 Å². The van der Waals surface area contributed by atoms with Crippen LogP contribution in [0.15, 0.2) is 54.6 Å². The molecule has 1 N–H and O–H groups in total. The summed E-state index contributed by atoms with van der Waals surface area (Å²) in [6.07, 6.45) is 1.94. The first-order chi connectivity index (χ1) is 16.0. The smallest absolute Gasteiger partial charge is 0.222 e. The number of hydrogen-bond acceptors (Lipinski definition) is 5. The predicted molar refractivity (Wildman–Crippen MR) is 131 cm³/mol. The molecule has 3 aromatic rings. The molecule has 1 saturated carbocycles. The van der Waals surface area contributed by atoms with E-state index in [2.05, 4.69) is 17.0 Å². The standard InChI is InChI=1S/C26H32ClN3O3/c1-3-32-18-22(31)16-30(15-19-9-10-19)17-24-25(20-7-5-4-6-8-20)28-29(2)26(24)33-23-13-11-21(27)12-14-23/h4-8,11-14,19,22,31H,3,9-10,15-18H2,1-2H3. The SMILES string of the molecule is CCOCC(O)CN(Cc1c(-c2ccccc2)nn(C)c1Oc1ccc(Cl)cc1)CC1CC1. The third kappa shape index (κ3) is 6.58. The van der Waals surface area contributed by atoms with Crippen molar-refractivity contribution in [2.24, 2.45) is 13.0 Å². The van der Waals surface area contributed by atoms with E-state index in [0.29, 0.717) is 48.9 Å². The molecule has 0 spiro atoms. The lowest BCUT2D eigenvalue weighted by molar-refractivity contribution is 0.0186. The van der Waals surface area contributed by atoms with Gasteiger partial charge in [0.2, 0.25) is 5.88 Å². The fourth-order valence-corrected chi connectivity index (χ4v) is 4.09. The van der Waals surface area contributed by atoms with E-state index in [-0.39, 0.29) is 0 Å². The zero-order valence-corrected chi connectivity index (χ0v) is 20.0. The molecule has 176 valence electrons. The second-order valence-electron chi connectivity index (χ2n) is 8.63. The van der Waals surface area contributed by atoms with E-state index >= 15 is 0 Å². The number of nitrogens with zero attached hydrogens (tertiary/aromatic N) is 3. The Bertz CT molecular complexity index is 1020. The molecule has 1 aliphatic rings. The van der Waals surface area contributed by atoms with Crippen molar-refractivity contribution in [1.82, 2.24) is 14.7 Å². The van der Waals surface area contributed by atoms with Crippen molar-refractivity contribution in [3.8, 4) is 22.9 Å². The molecular weight excluding hydrogens is 438 g/mol. The van der Waals surface area contributed by atoms with Gasteiger partial charge in [-0.05, 0) is 49.9 Å². The van der Waals surface area contributed by atoms with Gasteiger partial charge in [0.05, 0.1) is 18.3 Å². The van der Waals surface area contributed by atoms with Crippen LogP contribution in [0.3, 0.4) is 0 Å². The van der Waals surface area contributed by atoms with Gasteiger partial charge in [0.1, 0.15) is 11.4 Å². The van der Waals surface area contributed by atoms with Crippen LogP contribution in [0, 0.1) is 5.92 Å². The molecule has 33 heavy (non-hydrogen) atoms. The Morgan fingerprint density at radius 3 is 2.55 bits per heavy atom. The summed E-state index contributed by atoms with van der Waals surface area (Å²) in [4.78, 5) is 2.31. The highest BCUT2D eigenvalue weighted by Gasteiger charge is 2.28. The largest absolute Gasteiger partial charge is 0.439 e. The number of hydrogen-bond donors (Lipinski definition) is 1. The fourth-order valence-electron chi connectivity index (χ4n) is 3.96. The van der Waals surface area contributed by atoms with Gasteiger partial charge < -0.3 is 14.6 Å². The number of aliphatic hydroxyl groups excluding tert-OH is 1. The van der Waals surface area contributed by atoms with Gasteiger partial charge in [-0.25, -0.2) is 4.68 Å². The van der Waals surface area contributed by atoms with Gasteiger partial charge in [0, 0.05) is 43.9 Å². The summed E-state index contributed by atoms with van der Waals surface area (Å²) in [5.74, 6) is 2.08. The van der Waals surface area contributed by atoms with Crippen molar-refractivity contribution in [3.05, 3.63) is 65.2 Å². The molecule has 1 fully saturated rings. The number of ether oxygens (including phenoxy) is 2. The fraction of sp³-hybridized carbons (Fsp3) is 0.423. The number of aliphatic hydroxyl groups is 1. The van der Waals surface area contributed by atoms with E-state index in [9.17, 15) is 5.11 Å². The number of aromatic nitrogens is 2. The highest BCUT2D eigenvalue weighted by atomic mass is 35.5. The Balaban J connectivity index is 1.65. The molecule has 7 heteroatoms. The Kier molecular flexibility index (Phi) is 8.04. The average molecular weight is 470 g/mol. The molecule has 1 unspecified atom stereocenters. The lowest BCUT2D eigenvalue weighted by atomic mass is 10.1. The molecule has 1 atom stereocenters. The number of benzene rings is 2. The minimum atomic E-state index is -0.541. The van der Waals surface area contributed by atoms with E-state index in [1.54, 1.807) is 4.68 Å². The first kappa shape index (κ1) is 23.8. The van der Waals surface area contributed by atoms with Gasteiger partial charge in [-0.3, -0.25) is 4.90 Å². The van der Waals surface area contributed by atoms with Gasteiger partial charge in [-0.2, -0.15) is 5.10 Å². The second-order valence-corrected chi connectivity index (χ2v) is 9.07. The van der Waals surface area contributed by atoms with Gasteiger partial charge in [0.15, 0.2) is 0 Å². The van der Waals surface area contributed by atoms with Crippen LogP contribution < -0.4 is 4.74 Å². The second kappa shape index (κ2) is 11.2. The molecular formula is C26H32ClN3O3. The Morgan fingerprint density at radius 1 is 1.15 bits per heavy atom. The number of rotatable bonds is 12. The van der Waals surface area contributed by atoms with Crippen molar-refractivity contribution in [2.75, 3.05) is 26.3 Å². The summed E-state index contributed by atoms with van der Waals surface area (Å²) in [6.45, 7) is 4.98. The Hall–Kier alpha value is -2.38. The summed E-state index contributed by atoms with van der Waals surface area (Å²) in [6, 6.07) is 17.5. The molecule has 4 rings (SSSR count). The van der Waals surface area contributed by atoms with Crippen molar-refractivity contribution >= 4 is 11.6 Å². The van der Waals surface area contributed by atoms with Crippen LogP contribution in [0.4, 0.5) is 0 Å². The number of halogens is 1. The monoisotopic (exact) mass is 469 g/mol. The van der Waals surface area contributed by atoms with E-state index in [1.165, 1.54) is 12.8 Å². The lowest BCUT2D eigenvalue weighted by Gasteiger charge is -2.25. The Labute approximate surface area is 200 Å². The van der Waals surface area contributed by atoms with Crippen LogP contribution >= 0.6 is 11.6 Å². The first-order valence-corrected chi connectivity index (χ1v) is 11.9. The average Bonchev–Trinajstić information content (AvgIpc) is 3.58. The highest BCUT2D eigenvalue weighted by Crippen LogP contribution is 2.36. The van der Waals surface area contributed by atoms with Crippen LogP contribution in [0.1, 0.15) is 25.3 Å². The molecule has 0 amide bonds. The van der Waals surface area contributed by atoms with E-state index in [1.807, 2.05) is 56.4 Å². The predicted octanol–water partition coefficient (Wildman–Crippen LogP) is 5.14. The van der Waals surface area contributed by atoms with Crippen molar-refractivity contribution in [2.45, 2.75) is 32.4 Å². The summed E-state index contributed by atoms with van der Waals surface area (Å²) in [5.41, 5.74) is 2.93. The molecule has 1 aromatic heterocycles. The maximum absolute atomic E-state index is 10.6. The Morgan fingerprint density at radius 2 is 1.88 bits per heavy atom. The minimum Gasteiger partial charge on any atom is -0.439 e. The van der Waals surface area contributed by atoms with Crippen LogP contribution in [-0.4, -0.2) is 52.2 Å². The summed E-state index contributed by atoms with van der Waals surface area (Å²) < 4.78 is 13.6. The van der Waals surface area contributed by atoms with E-state index in [4.69, 9.17) is 26.2 Å². The molecule has 0 saturated heterocycles. The topological polar surface area (TPSA) is 59.8 Å². The van der Waals surface area contributed by atoms with Crippen molar-refractivity contribution in [1.29, 1.82) is 0 Å². The van der Waals surface area contributed by atoms with Crippen LogP contribution in [0.25, 0.3) is 11.3 Å². The maximum Gasteiger partial charge on any atom is 0.222 e. The van der Waals surface area contributed by atoms with Gasteiger partial charge in [0.25, 0.3) is 0 Å². The van der Waals surface area contributed by atoms with Crippen LogP contribution in [-0.2, 0) is 18.3 Å². The number of aryl methyl sites for hydroxylation is 1. The third-order valence-corrected chi connectivity index (χ3v) is 5.99. The molecule has 1 aliphatic carbocycles.